The quantitative estimate of drug-likeness (QED) is 0.581. The third-order valence-corrected chi connectivity index (χ3v) is 4.72. The normalized spacial score (nSPS) is 10.8. The molecule has 0 aliphatic rings. The maximum absolute atomic E-state index is 2.22. The maximum Gasteiger partial charge on any atom is 0.0353 e. The second kappa shape index (κ2) is 4.94. The molecule has 0 radical (unpaired) electrons. The summed E-state index contributed by atoms with van der Waals surface area (Å²) in [6.45, 7) is 0. The van der Waals surface area contributed by atoms with E-state index >= 15 is 0 Å². The number of rotatable bonds is 3. The number of hydrogen-bond acceptors (Lipinski definition) is 2. The second-order valence-electron chi connectivity index (χ2n) is 3.86. The molecule has 0 unspecified atom stereocenters. The Morgan fingerprint density at radius 1 is 0.882 bits per heavy atom. The molecule has 0 aliphatic carbocycles. The molecule has 0 atom stereocenters. The van der Waals surface area contributed by atoms with Crippen LogP contribution in [0.3, 0.4) is 0 Å². The predicted octanol–water partition coefficient (Wildman–Crippen LogP) is 5.19. The summed E-state index contributed by atoms with van der Waals surface area (Å²) in [5.74, 6) is 1.04. The monoisotopic (exact) mass is 256 g/mol. The molecule has 1 heterocycles. The Hall–Kier alpha value is -1.25. The lowest BCUT2D eigenvalue weighted by Crippen LogP contribution is -1.79. The first-order chi connectivity index (χ1) is 8.43. The molecule has 0 nitrogen and oxygen atoms in total. The van der Waals surface area contributed by atoms with Crippen LogP contribution >= 0.6 is 23.1 Å². The molecule has 0 saturated carbocycles. The largest absolute Gasteiger partial charge is 0.144 e. The number of thiophene rings is 1. The summed E-state index contributed by atoms with van der Waals surface area (Å²) >= 11 is 3.72. The van der Waals surface area contributed by atoms with Crippen LogP contribution in [-0.2, 0) is 5.75 Å². The molecule has 0 bridgehead atoms. The lowest BCUT2D eigenvalue weighted by Gasteiger charge is -2.03. The summed E-state index contributed by atoms with van der Waals surface area (Å²) in [7, 11) is 0. The highest BCUT2D eigenvalue weighted by Gasteiger charge is 2.02. The van der Waals surface area contributed by atoms with Crippen molar-refractivity contribution in [1.29, 1.82) is 0 Å². The minimum atomic E-state index is 1.04. The van der Waals surface area contributed by atoms with Crippen LogP contribution in [0.25, 0.3) is 10.1 Å². The van der Waals surface area contributed by atoms with Gasteiger partial charge in [-0.3, -0.25) is 0 Å². The first-order valence-electron chi connectivity index (χ1n) is 5.56. The van der Waals surface area contributed by atoms with Gasteiger partial charge >= 0.3 is 0 Å². The molecule has 0 aliphatic heterocycles. The smallest absolute Gasteiger partial charge is 0.0353 e. The van der Waals surface area contributed by atoms with Crippen molar-refractivity contribution in [3.05, 3.63) is 65.5 Å². The number of benzene rings is 2. The molecule has 0 fully saturated rings. The summed E-state index contributed by atoms with van der Waals surface area (Å²) < 4.78 is 1.38. The van der Waals surface area contributed by atoms with Gasteiger partial charge in [-0.2, -0.15) is 0 Å². The fourth-order valence-electron chi connectivity index (χ4n) is 1.83. The van der Waals surface area contributed by atoms with E-state index in [0.29, 0.717) is 0 Å². The molecule has 0 saturated heterocycles. The summed E-state index contributed by atoms with van der Waals surface area (Å²) in [5, 5.41) is 3.55. The third kappa shape index (κ3) is 2.38. The van der Waals surface area contributed by atoms with E-state index < -0.39 is 0 Å². The lowest BCUT2D eigenvalue weighted by molar-refractivity contribution is 1.40. The lowest BCUT2D eigenvalue weighted by atomic mass is 10.2. The van der Waals surface area contributed by atoms with Crippen molar-refractivity contribution in [3.8, 4) is 0 Å². The van der Waals surface area contributed by atoms with E-state index in [9.17, 15) is 0 Å². The van der Waals surface area contributed by atoms with Gasteiger partial charge in [0.1, 0.15) is 0 Å². The first-order valence-corrected chi connectivity index (χ1v) is 7.43. The van der Waals surface area contributed by atoms with Crippen molar-refractivity contribution >= 4 is 33.2 Å². The van der Waals surface area contributed by atoms with Crippen LogP contribution in [-0.4, -0.2) is 0 Å². The van der Waals surface area contributed by atoms with Gasteiger partial charge in [0.2, 0.25) is 0 Å². The Morgan fingerprint density at radius 3 is 2.65 bits per heavy atom. The van der Waals surface area contributed by atoms with Gasteiger partial charge in [0.05, 0.1) is 0 Å². The van der Waals surface area contributed by atoms with Crippen LogP contribution in [0.1, 0.15) is 5.56 Å². The average molecular weight is 256 g/mol. The zero-order valence-electron chi connectivity index (χ0n) is 9.30. The van der Waals surface area contributed by atoms with Crippen LogP contribution in [0.15, 0.2) is 64.9 Å². The molecule has 3 rings (SSSR count). The average Bonchev–Trinajstić information content (AvgIpc) is 2.86. The van der Waals surface area contributed by atoms with Crippen LogP contribution in [0.2, 0.25) is 0 Å². The molecule has 3 aromatic rings. The molecule has 0 spiro atoms. The van der Waals surface area contributed by atoms with Crippen molar-refractivity contribution < 1.29 is 0 Å². The number of thioether (sulfide) groups is 1. The zero-order chi connectivity index (χ0) is 11.5. The second-order valence-corrected chi connectivity index (χ2v) is 5.83. The van der Waals surface area contributed by atoms with Gasteiger partial charge in [-0.25, -0.2) is 0 Å². The van der Waals surface area contributed by atoms with Crippen LogP contribution < -0.4 is 0 Å². The first kappa shape index (κ1) is 10.9. The van der Waals surface area contributed by atoms with E-state index in [1.54, 1.807) is 0 Å². The van der Waals surface area contributed by atoms with Crippen LogP contribution in [0.4, 0.5) is 0 Å². The highest BCUT2D eigenvalue weighted by Crippen LogP contribution is 2.32. The predicted molar refractivity (Wildman–Crippen MR) is 77.8 cm³/mol. The topological polar surface area (TPSA) is 0 Å². The number of fused-ring (bicyclic) bond motifs is 1. The Morgan fingerprint density at radius 2 is 1.76 bits per heavy atom. The van der Waals surface area contributed by atoms with Crippen molar-refractivity contribution in [2.45, 2.75) is 10.6 Å². The van der Waals surface area contributed by atoms with Crippen LogP contribution in [0.5, 0.6) is 0 Å². The molecular formula is C15H12S2. The van der Waals surface area contributed by atoms with Gasteiger partial charge in [-0.1, -0.05) is 36.4 Å². The summed E-state index contributed by atoms with van der Waals surface area (Å²) in [6.07, 6.45) is 0. The van der Waals surface area contributed by atoms with Crippen molar-refractivity contribution in [1.82, 2.24) is 0 Å². The number of hydrogen-bond donors (Lipinski definition) is 0. The molecule has 1 aromatic heterocycles. The van der Waals surface area contributed by atoms with Gasteiger partial charge in [0.15, 0.2) is 0 Å². The molecule has 2 heteroatoms. The minimum Gasteiger partial charge on any atom is -0.144 e. The van der Waals surface area contributed by atoms with Gasteiger partial charge < -0.3 is 0 Å². The fourth-order valence-corrected chi connectivity index (χ4v) is 3.73. The van der Waals surface area contributed by atoms with Crippen LogP contribution in [0, 0.1) is 0 Å². The Bertz CT molecular complexity index is 611. The molecule has 2 aromatic carbocycles. The highest BCUT2D eigenvalue weighted by molar-refractivity contribution is 7.98. The van der Waals surface area contributed by atoms with E-state index in [-0.39, 0.29) is 0 Å². The van der Waals surface area contributed by atoms with E-state index in [0.717, 1.165) is 5.75 Å². The Labute approximate surface area is 109 Å². The molecular weight excluding hydrogens is 244 g/mol. The van der Waals surface area contributed by atoms with Gasteiger partial charge in [-0.15, -0.1) is 23.1 Å². The molecule has 0 amide bonds. The van der Waals surface area contributed by atoms with E-state index in [4.69, 9.17) is 0 Å². The van der Waals surface area contributed by atoms with Crippen molar-refractivity contribution in [2.75, 3.05) is 0 Å². The third-order valence-electron chi connectivity index (χ3n) is 2.69. The van der Waals surface area contributed by atoms with E-state index in [1.165, 1.54) is 20.5 Å². The summed E-state index contributed by atoms with van der Waals surface area (Å²) in [5.41, 5.74) is 1.38. The highest BCUT2D eigenvalue weighted by atomic mass is 32.2. The maximum atomic E-state index is 2.22. The molecule has 84 valence electrons. The van der Waals surface area contributed by atoms with Crippen molar-refractivity contribution in [2.24, 2.45) is 0 Å². The minimum absolute atomic E-state index is 1.04. The summed E-state index contributed by atoms with van der Waals surface area (Å²) in [4.78, 5) is 1.38. The molecule has 17 heavy (non-hydrogen) atoms. The standard InChI is InChI=1S/C15H12S2/c1-2-5-12(6-3-1)11-17-15-8-4-7-14-13(15)9-10-16-14/h1-10H,11H2. The zero-order valence-corrected chi connectivity index (χ0v) is 10.9. The Kier molecular flexibility index (Phi) is 3.16. The SMILES string of the molecule is c1ccc(CSc2cccc3sccc23)cc1. The molecule has 0 N–H and O–H groups in total. The van der Waals surface area contributed by atoms with Crippen molar-refractivity contribution in [3.63, 3.8) is 0 Å². The summed E-state index contributed by atoms with van der Waals surface area (Å²) in [6, 6.07) is 19.4. The Balaban J connectivity index is 1.84. The van der Waals surface area contributed by atoms with Gasteiger partial charge in [0, 0.05) is 20.7 Å². The fraction of sp³-hybridized carbons (Fsp3) is 0.0667. The van der Waals surface area contributed by atoms with E-state index in [2.05, 4.69) is 60.0 Å². The van der Waals surface area contributed by atoms with Gasteiger partial charge in [-0.05, 0) is 29.1 Å². The van der Waals surface area contributed by atoms with Gasteiger partial charge in [0.25, 0.3) is 0 Å². The van der Waals surface area contributed by atoms with E-state index in [1.807, 2.05) is 23.1 Å².